The summed E-state index contributed by atoms with van der Waals surface area (Å²) in [5, 5.41) is 11.5. The predicted molar refractivity (Wildman–Crippen MR) is 74.0 cm³/mol. The molecule has 6 heteroatoms. The molecule has 2 aromatic carbocycles. The molecule has 104 valence electrons. The maximum atomic E-state index is 11.7. The Morgan fingerprint density at radius 3 is 2.29 bits per heavy atom. The molecule has 5 nitrogen and oxygen atoms in total. The van der Waals surface area contributed by atoms with Crippen molar-refractivity contribution in [3.05, 3.63) is 60.2 Å². The van der Waals surface area contributed by atoms with E-state index in [1.165, 1.54) is 12.1 Å². The average molecular weight is 337 g/mol. The van der Waals surface area contributed by atoms with Crippen LogP contribution < -0.4 is 10.1 Å². The minimum absolute atomic E-state index is 0. The number of rotatable bonds is 5. The van der Waals surface area contributed by atoms with E-state index < -0.39 is 11.9 Å². The van der Waals surface area contributed by atoms with E-state index >= 15 is 0 Å². The van der Waals surface area contributed by atoms with E-state index in [2.05, 4.69) is 5.32 Å². The number of anilines is 1. The van der Waals surface area contributed by atoms with Gasteiger partial charge in [-0.15, -0.1) is 0 Å². The Hall–Kier alpha value is -2.20. The van der Waals surface area contributed by atoms with Crippen molar-refractivity contribution in [1.82, 2.24) is 0 Å². The van der Waals surface area contributed by atoms with Crippen LogP contribution in [0.15, 0.2) is 54.6 Å². The predicted octanol–water partition coefficient (Wildman–Crippen LogP) is 2.40. The number of nitrogens with one attached hydrogen (secondary N) is 1. The van der Waals surface area contributed by atoms with Crippen molar-refractivity contribution in [3.8, 4) is 5.75 Å². The van der Waals surface area contributed by atoms with Gasteiger partial charge in [0.25, 0.3) is 5.91 Å². The maximum Gasteiger partial charge on any atom is 0.337 e. The van der Waals surface area contributed by atoms with Crippen LogP contribution in [0.2, 0.25) is 0 Å². The van der Waals surface area contributed by atoms with Gasteiger partial charge in [-0.2, -0.15) is 0 Å². The van der Waals surface area contributed by atoms with Crippen molar-refractivity contribution in [2.75, 3.05) is 11.9 Å². The fourth-order valence-corrected chi connectivity index (χ4v) is 1.63. The van der Waals surface area contributed by atoms with Gasteiger partial charge in [0.15, 0.2) is 6.61 Å². The molecule has 2 aromatic rings. The van der Waals surface area contributed by atoms with Gasteiger partial charge >= 0.3 is 5.97 Å². The summed E-state index contributed by atoms with van der Waals surface area (Å²) >= 11 is 0. The quantitative estimate of drug-likeness (QED) is 0.822. The SMILES string of the molecule is O=C(COc1ccccc1)Nc1ccccc1C(=O)O.[Zn]. The van der Waals surface area contributed by atoms with Crippen LogP contribution in [0.1, 0.15) is 10.4 Å². The molecule has 2 rings (SSSR count). The Labute approximate surface area is 134 Å². The summed E-state index contributed by atoms with van der Waals surface area (Å²) in [5.41, 5.74) is 0.294. The second-order valence-corrected chi connectivity index (χ2v) is 4.00. The summed E-state index contributed by atoms with van der Waals surface area (Å²) in [5.74, 6) is -0.929. The van der Waals surface area contributed by atoms with Crippen molar-refractivity contribution >= 4 is 17.6 Å². The zero-order valence-corrected chi connectivity index (χ0v) is 14.2. The number of ether oxygens (including phenoxy) is 1. The summed E-state index contributed by atoms with van der Waals surface area (Å²) < 4.78 is 5.28. The minimum Gasteiger partial charge on any atom is -0.484 e. The van der Waals surface area contributed by atoms with E-state index in [0.717, 1.165) is 0 Å². The van der Waals surface area contributed by atoms with Gasteiger partial charge in [0, 0.05) is 19.5 Å². The van der Waals surface area contributed by atoms with Gasteiger partial charge in [-0.25, -0.2) is 4.79 Å². The molecule has 0 radical (unpaired) electrons. The fraction of sp³-hybridized carbons (Fsp3) is 0.0667. The van der Waals surface area contributed by atoms with Crippen LogP contribution in [0.3, 0.4) is 0 Å². The normalized spacial score (nSPS) is 9.33. The number of carbonyl (C=O) groups is 2. The number of para-hydroxylation sites is 2. The van der Waals surface area contributed by atoms with Gasteiger partial charge in [-0.05, 0) is 24.3 Å². The van der Waals surface area contributed by atoms with Crippen LogP contribution in [0.4, 0.5) is 5.69 Å². The first kappa shape index (κ1) is 16.9. The molecule has 0 aromatic heterocycles. The zero-order valence-electron chi connectivity index (χ0n) is 11.3. The Balaban J connectivity index is 0.00000220. The maximum absolute atomic E-state index is 11.7. The number of hydrogen-bond donors (Lipinski definition) is 2. The van der Waals surface area contributed by atoms with E-state index in [9.17, 15) is 9.59 Å². The second-order valence-electron chi connectivity index (χ2n) is 4.00. The van der Waals surface area contributed by atoms with Crippen LogP contribution in [-0.4, -0.2) is 23.6 Å². The first-order valence-corrected chi connectivity index (χ1v) is 5.97. The van der Waals surface area contributed by atoms with Gasteiger partial charge in [-0.1, -0.05) is 30.3 Å². The molecule has 0 aliphatic rings. The Morgan fingerprint density at radius 1 is 1.00 bits per heavy atom. The zero-order chi connectivity index (χ0) is 14.4. The van der Waals surface area contributed by atoms with Gasteiger partial charge in [0.2, 0.25) is 0 Å². The Kier molecular flexibility index (Phi) is 6.56. The minimum atomic E-state index is -1.09. The number of carbonyl (C=O) groups excluding carboxylic acids is 1. The number of hydrogen-bond acceptors (Lipinski definition) is 3. The molecular formula is C15H13NO4Zn. The molecule has 21 heavy (non-hydrogen) atoms. The van der Waals surface area contributed by atoms with Crippen molar-refractivity contribution in [2.24, 2.45) is 0 Å². The molecule has 0 bridgehead atoms. The summed E-state index contributed by atoms with van der Waals surface area (Å²) in [6.07, 6.45) is 0. The molecule has 0 aliphatic carbocycles. The van der Waals surface area contributed by atoms with Gasteiger partial charge in [0.05, 0.1) is 11.3 Å². The van der Waals surface area contributed by atoms with Gasteiger partial charge < -0.3 is 15.2 Å². The molecule has 0 fully saturated rings. The van der Waals surface area contributed by atoms with Crippen LogP contribution in [0.25, 0.3) is 0 Å². The summed E-state index contributed by atoms with van der Waals surface area (Å²) in [4.78, 5) is 22.7. The molecule has 0 aliphatic heterocycles. The Morgan fingerprint density at radius 2 is 1.62 bits per heavy atom. The smallest absolute Gasteiger partial charge is 0.337 e. The van der Waals surface area contributed by atoms with E-state index in [-0.39, 0.29) is 37.3 Å². The number of carboxylic acid groups (broad SMARTS) is 1. The molecular weight excluding hydrogens is 324 g/mol. The van der Waals surface area contributed by atoms with Gasteiger partial charge in [0.1, 0.15) is 5.75 Å². The van der Waals surface area contributed by atoms with E-state index in [0.29, 0.717) is 5.75 Å². The van der Waals surface area contributed by atoms with E-state index in [1.807, 2.05) is 6.07 Å². The third-order valence-electron chi connectivity index (χ3n) is 2.54. The topological polar surface area (TPSA) is 75.6 Å². The molecule has 0 saturated heterocycles. The van der Waals surface area contributed by atoms with Crippen molar-refractivity contribution in [1.29, 1.82) is 0 Å². The number of amides is 1. The van der Waals surface area contributed by atoms with Gasteiger partial charge in [-0.3, -0.25) is 4.79 Å². The molecule has 1 amide bonds. The molecule has 0 atom stereocenters. The van der Waals surface area contributed by atoms with Crippen LogP contribution in [-0.2, 0) is 24.3 Å². The van der Waals surface area contributed by atoms with Crippen LogP contribution in [0.5, 0.6) is 5.75 Å². The first-order valence-electron chi connectivity index (χ1n) is 5.97. The standard InChI is InChI=1S/C15H13NO4.Zn/c17-14(10-20-11-6-2-1-3-7-11)16-13-9-5-4-8-12(13)15(18)19;/h1-9H,10H2,(H,16,17)(H,18,19);. The van der Waals surface area contributed by atoms with Crippen LogP contribution in [0, 0.1) is 0 Å². The fourth-order valence-electron chi connectivity index (χ4n) is 1.63. The first-order chi connectivity index (χ1) is 9.66. The second kappa shape index (κ2) is 8.17. The monoisotopic (exact) mass is 335 g/mol. The molecule has 2 N–H and O–H groups in total. The summed E-state index contributed by atoms with van der Waals surface area (Å²) in [6, 6.07) is 15.1. The summed E-state index contributed by atoms with van der Waals surface area (Å²) in [7, 11) is 0. The van der Waals surface area contributed by atoms with Crippen molar-refractivity contribution in [2.45, 2.75) is 0 Å². The number of benzene rings is 2. The number of carboxylic acids is 1. The molecule has 0 unspecified atom stereocenters. The van der Waals surface area contributed by atoms with Crippen molar-refractivity contribution in [3.63, 3.8) is 0 Å². The summed E-state index contributed by atoms with van der Waals surface area (Å²) in [6.45, 7) is -0.183. The number of aromatic carboxylic acids is 1. The molecule has 0 saturated carbocycles. The average Bonchev–Trinajstić information content (AvgIpc) is 2.46. The molecule has 0 heterocycles. The molecule has 0 spiro atoms. The third kappa shape index (κ3) is 5.01. The van der Waals surface area contributed by atoms with E-state index in [1.54, 1.807) is 36.4 Å². The van der Waals surface area contributed by atoms with Crippen LogP contribution >= 0.6 is 0 Å². The third-order valence-corrected chi connectivity index (χ3v) is 2.54. The van der Waals surface area contributed by atoms with E-state index in [4.69, 9.17) is 9.84 Å². The van der Waals surface area contributed by atoms with Crippen molar-refractivity contribution < 1.29 is 38.9 Å². The largest absolute Gasteiger partial charge is 0.484 e. The Bertz CT molecular complexity index is 616.